The largest absolute Gasteiger partial charge is 0.484 e. The van der Waals surface area contributed by atoms with Crippen LogP contribution in [0.2, 0.25) is 0 Å². The zero-order valence-electron chi connectivity index (χ0n) is 19.2. The summed E-state index contributed by atoms with van der Waals surface area (Å²) in [4.78, 5) is 29.4. The molecule has 9 nitrogen and oxygen atoms in total. The molecule has 3 rings (SSSR count). The second-order valence-electron chi connectivity index (χ2n) is 8.07. The standard InChI is InChI=1S/C23H21F5N4O5/c1-14(22(36,10-31-13-29-12-30-31)18-7-4-16(24)8-19(18)25)32(9-20(33)34)21(35)15-2-5-17(6-3-15)37-11-23(26,27)28/h2-8,12-14,36H,9-11H2,1H3,(H,33,34). The van der Waals surface area contributed by atoms with E-state index in [0.29, 0.717) is 6.07 Å². The van der Waals surface area contributed by atoms with Gasteiger partial charge in [-0.3, -0.25) is 9.59 Å². The maximum absolute atomic E-state index is 14.8. The summed E-state index contributed by atoms with van der Waals surface area (Å²) in [6.45, 7) is -1.72. The fourth-order valence-electron chi connectivity index (χ4n) is 3.66. The number of nitrogens with zero attached hydrogens (tertiary/aromatic N) is 4. The van der Waals surface area contributed by atoms with Crippen molar-refractivity contribution in [2.75, 3.05) is 13.2 Å². The first-order chi connectivity index (χ1) is 17.3. The van der Waals surface area contributed by atoms with Crippen LogP contribution in [0.25, 0.3) is 0 Å². The molecule has 0 aliphatic heterocycles. The predicted molar refractivity (Wildman–Crippen MR) is 116 cm³/mol. The lowest BCUT2D eigenvalue weighted by molar-refractivity contribution is -0.153. The summed E-state index contributed by atoms with van der Waals surface area (Å²) < 4.78 is 71.3. The molecule has 14 heteroatoms. The van der Waals surface area contributed by atoms with E-state index in [1.165, 1.54) is 13.3 Å². The first-order valence-electron chi connectivity index (χ1n) is 10.6. The molecule has 2 N–H and O–H groups in total. The molecule has 1 heterocycles. The van der Waals surface area contributed by atoms with Crippen LogP contribution in [0.15, 0.2) is 55.1 Å². The van der Waals surface area contributed by atoms with Crippen LogP contribution in [0.3, 0.4) is 0 Å². The summed E-state index contributed by atoms with van der Waals surface area (Å²) in [5.41, 5.74) is -2.90. The average Bonchev–Trinajstić information content (AvgIpc) is 3.32. The molecule has 0 aliphatic rings. The third kappa shape index (κ3) is 6.78. The fourth-order valence-corrected chi connectivity index (χ4v) is 3.66. The first-order valence-corrected chi connectivity index (χ1v) is 10.6. The van der Waals surface area contributed by atoms with Gasteiger partial charge in [0.15, 0.2) is 6.61 Å². The normalized spacial score (nSPS) is 14.0. The number of aliphatic carboxylic acids is 1. The number of amides is 1. The number of halogens is 5. The molecule has 0 fully saturated rings. The van der Waals surface area contributed by atoms with Gasteiger partial charge in [0.2, 0.25) is 0 Å². The van der Waals surface area contributed by atoms with Gasteiger partial charge in [0, 0.05) is 17.2 Å². The predicted octanol–water partition coefficient (Wildman–Crippen LogP) is 3.00. The Labute approximate surface area is 206 Å². The highest BCUT2D eigenvalue weighted by Gasteiger charge is 2.44. The van der Waals surface area contributed by atoms with Crippen molar-refractivity contribution >= 4 is 11.9 Å². The molecule has 0 saturated carbocycles. The molecular formula is C23H21F5N4O5. The molecule has 0 radical (unpaired) electrons. The Hall–Kier alpha value is -4.07. The van der Waals surface area contributed by atoms with Gasteiger partial charge in [-0.2, -0.15) is 18.3 Å². The SMILES string of the molecule is CC(N(CC(=O)O)C(=O)c1ccc(OCC(F)(F)F)cc1)C(O)(Cn1cncn1)c1ccc(F)cc1F. The Bertz CT molecular complexity index is 1240. The molecule has 1 amide bonds. The second kappa shape index (κ2) is 10.9. The van der Waals surface area contributed by atoms with Crippen LogP contribution in [0.4, 0.5) is 22.0 Å². The summed E-state index contributed by atoms with van der Waals surface area (Å²) in [6, 6.07) is 5.34. The molecule has 3 aromatic rings. The van der Waals surface area contributed by atoms with Crippen molar-refractivity contribution in [2.45, 2.75) is 31.3 Å². The molecule has 198 valence electrons. The third-order valence-electron chi connectivity index (χ3n) is 5.50. The van der Waals surface area contributed by atoms with E-state index in [-0.39, 0.29) is 11.3 Å². The molecule has 2 atom stereocenters. The van der Waals surface area contributed by atoms with E-state index < -0.39 is 66.6 Å². The summed E-state index contributed by atoms with van der Waals surface area (Å²) in [6.07, 6.45) is -2.25. The summed E-state index contributed by atoms with van der Waals surface area (Å²) in [7, 11) is 0. The second-order valence-corrected chi connectivity index (χ2v) is 8.07. The van der Waals surface area contributed by atoms with Gasteiger partial charge in [0.1, 0.15) is 42.2 Å². The van der Waals surface area contributed by atoms with Crippen molar-refractivity contribution in [1.82, 2.24) is 19.7 Å². The Morgan fingerprint density at radius 2 is 1.81 bits per heavy atom. The number of aliphatic hydroxyl groups is 1. The Morgan fingerprint density at radius 3 is 2.35 bits per heavy atom. The highest BCUT2D eigenvalue weighted by molar-refractivity contribution is 5.96. The summed E-state index contributed by atoms with van der Waals surface area (Å²) in [5, 5.41) is 25.0. The van der Waals surface area contributed by atoms with Crippen molar-refractivity contribution in [2.24, 2.45) is 0 Å². The Balaban J connectivity index is 1.99. The van der Waals surface area contributed by atoms with Gasteiger partial charge in [-0.05, 0) is 37.3 Å². The molecule has 0 spiro atoms. The van der Waals surface area contributed by atoms with Gasteiger partial charge >= 0.3 is 12.1 Å². The third-order valence-corrected chi connectivity index (χ3v) is 5.50. The van der Waals surface area contributed by atoms with Crippen LogP contribution < -0.4 is 4.74 Å². The smallest absolute Gasteiger partial charge is 0.422 e. The van der Waals surface area contributed by atoms with Gasteiger partial charge in [0.25, 0.3) is 5.91 Å². The number of carboxylic acid groups (broad SMARTS) is 1. The maximum Gasteiger partial charge on any atom is 0.422 e. The van der Waals surface area contributed by atoms with E-state index in [0.717, 1.165) is 52.3 Å². The summed E-state index contributed by atoms with van der Waals surface area (Å²) >= 11 is 0. The van der Waals surface area contributed by atoms with Crippen LogP contribution in [0.5, 0.6) is 5.75 Å². The number of aromatic nitrogens is 3. The number of carbonyl (C=O) groups excluding carboxylic acids is 1. The van der Waals surface area contributed by atoms with E-state index >= 15 is 0 Å². The van der Waals surface area contributed by atoms with Gasteiger partial charge in [0.05, 0.1) is 12.6 Å². The van der Waals surface area contributed by atoms with E-state index in [1.54, 1.807) is 0 Å². The molecule has 37 heavy (non-hydrogen) atoms. The molecule has 0 bridgehead atoms. The van der Waals surface area contributed by atoms with Crippen molar-refractivity contribution in [3.8, 4) is 5.75 Å². The van der Waals surface area contributed by atoms with Crippen LogP contribution in [-0.4, -0.2) is 67.1 Å². The van der Waals surface area contributed by atoms with E-state index in [1.807, 2.05) is 0 Å². The monoisotopic (exact) mass is 528 g/mol. The fraction of sp³-hybridized carbons (Fsp3) is 0.304. The van der Waals surface area contributed by atoms with Crippen molar-refractivity contribution in [3.05, 3.63) is 77.9 Å². The van der Waals surface area contributed by atoms with Crippen molar-refractivity contribution in [1.29, 1.82) is 0 Å². The zero-order chi connectivity index (χ0) is 27.4. The number of rotatable bonds is 10. The zero-order valence-corrected chi connectivity index (χ0v) is 19.2. The average molecular weight is 528 g/mol. The quantitative estimate of drug-likeness (QED) is 0.389. The number of ether oxygens (including phenoxy) is 1. The van der Waals surface area contributed by atoms with Crippen molar-refractivity contribution in [3.63, 3.8) is 0 Å². The number of carbonyl (C=O) groups is 2. The molecule has 0 saturated heterocycles. The minimum atomic E-state index is -4.58. The molecule has 2 unspecified atom stereocenters. The van der Waals surface area contributed by atoms with Crippen LogP contribution in [0.1, 0.15) is 22.8 Å². The van der Waals surface area contributed by atoms with E-state index in [9.17, 15) is 41.8 Å². The van der Waals surface area contributed by atoms with E-state index in [2.05, 4.69) is 14.8 Å². The minimum Gasteiger partial charge on any atom is -0.484 e. The Morgan fingerprint density at radius 1 is 1.14 bits per heavy atom. The van der Waals surface area contributed by atoms with Gasteiger partial charge in [-0.15, -0.1) is 0 Å². The number of hydrogen-bond acceptors (Lipinski definition) is 6. The lowest BCUT2D eigenvalue weighted by Crippen LogP contribution is -2.55. The number of alkyl halides is 3. The molecule has 0 aliphatic carbocycles. The highest BCUT2D eigenvalue weighted by Crippen LogP contribution is 2.33. The molecular weight excluding hydrogens is 507 g/mol. The van der Waals surface area contributed by atoms with Gasteiger partial charge in [-0.1, -0.05) is 6.07 Å². The Kier molecular flexibility index (Phi) is 8.11. The number of benzene rings is 2. The van der Waals surface area contributed by atoms with Crippen LogP contribution in [0, 0.1) is 11.6 Å². The van der Waals surface area contributed by atoms with Gasteiger partial charge in [-0.25, -0.2) is 18.4 Å². The first kappa shape index (κ1) is 27.5. The van der Waals surface area contributed by atoms with E-state index in [4.69, 9.17) is 0 Å². The highest BCUT2D eigenvalue weighted by atomic mass is 19.4. The lowest BCUT2D eigenvalue weighted by atomic mass is 9.85. The van der Waals surface area contributed by atoms with Crippen LogP contribution >= 0.6 is 0 Å². The lowest BCUT2D eigenvalue weighted by Gasteiger charge is -2.40. The van der Waals surface area contributed by atoms with Crippen LogP contribution in [-0.2, 0) is 16.9 Å². The van der Waals surface area contributed by atoms with Crippen molar-refractivity contribution < 1.29 is 46.5 Å². The topological polar surface area (TPSA) is 118 Å². The summed E-state index contributed by atoms with van der Waals surface area (Å²) in [5.74, 6) is -4.67. The maximum atomic E-state index is 14.8. The molecule has 2 aromatic carbocycles. The van der Waals surface area contributed by atoms with Gasteiger partial charge < -0.3 is 19.8 Å². The number of carboxylic acids is 1. The molecule has 1 aromatic heterocycles. The number of hydrogen-bond donors (Lipinski definition) is 2. The minimum absolute atomic E-state index is 0.143.